The van der Waals surface area contributed by atoms with Crippen LogP contribution in [0.4, 0.5) is 0 Å². The first-order chi connectivity index (χ1) is 24.4. The predicted molar refractivity (Wildman–Crippen MR) is 199 cm³/mol. The van der Waals surface area contributed by atoms with Gasteiger partial charge in [0.25, 0.3) is 0 Å². The predicted octanol–water partition coefficient (Wildman–Crippen LogP) is 6.97. The van der Waals surface area contributed by atoms with E-state index in [0.29, 0.717) is 12.8 Å². The Kier molecular flexibility index (Phi) is 12.4. The molecule has 2 aliphatic rings. The van der Waals surface area contributed by atoms with Crippen LogP contribution in [0.2, 0.25) is 0 Å². The van der Waals surface area contributed by atoms with E-state index in [1.165, 1.54) is 20.5 Å². The molecule has 51 heavy (non-hydrogen) atoms. The molecule has 2 aliphatic carbocycles. The molecular formula is C41H46O8S2. The molecule has 0 aliphatic heterocycles. The Balaban J connectivity index is 0.000000198. The standard InChI is InChI=1S/C21H24O4S.C20H22O4S/c1-3-26(23,24)21-17(13-16-11-7-8-12-18(16)21)14-19(22)20(25-2)15-9-5-4-6-10-15;1-24-19(14-8-4-3-5-9-14)18(21)13-16-12-15-10-6-7-11-17(15)20(16)25(2,22)23/h4-12,17,20-21H,3,13-14H2,1-2H3;3-11,16,19-20H,12-13H2,1-2H3/t17?,20-,21?;16?,19-,20?/m00/s1. The summed E-state index contributed by atoms with van der Waals surface area (Å²) in [6, 6.07) is 33.8. The second-order valence-corrected chi connectivity index (χ2v) is 17.9. The smallest absolute Gasteiger partial charge is 0.166 e. The highest BCUT2D eigenvalue weighted by molar-refractivity contribution is 7.91. The van der Waals surface area contributed by atoms with Crippen molar-refractivity contribution in [1.29, 1.82) is 0 Å². The number of benzene rings is 4. The quantitative estimate of drug-likeness (QED) is 0.145. The number of hydrogen-bond acceptors (Lipinski definition) is 8. The average Bonchev–Trinajstić information content (AvgIpc) is 3.68. The highest BCUT2D eigenvalue weighted by atomic mass is 32.2. The van der Waals surface area contributed by atoms with E-state index in [0.717, 1.165) is 33.4 Å². The van der Waals surface area contributed by atoms with Crippen molar-refractivity contribution in [2.75, 3.05) is 26.2 Å². The van der Waals surface area contributed by atoms with Crippen LogP contribution < -0.4 is 0 Å². The average molecular weight is 731 g/mol. The Morgan fingerprint density at radius 3 is 1.37 bits per heavy atom. The highest BCUT2D eigenvalue weighted by Crippen LogP contribution is 2.45. The molecule has 0 aromatic heterocycles. The number of rotatable bonds is 13. The molecule has 10 heteroatoms. The van der Waals surface area contributed by atoms with Gasteiger partial charge in [0.15, 0.2) is 31.2 Å². The molecule has 0 N–H and O–H groups in total. The fraction of sp³-hybridized carbons (Fsp3) is 0.366. The second kappa shape index (κ2) is 16.6. The van der Waals surface area contributed by atoms with Crippen molar-refractivity contribution >= 4 is 31.2 Å². The number of carbonyl (C=O) groups excluding carboxylic acids is 2. The van der Waals surface area contributed by atoms with Gasteiger partial charge in [-0.3, -0.25) is 9.59 Å². The first-order valence-electron chi connectivity index (χ1n) is 17.2. The highest BCUT2D eigenvalue weighted by Gasteiger charge is 2.43. The Hall–Kier alpha value is -3.96. The summed E-state index contributed by atoms with van der Waals surface area (Å²) < 4.78 is 61.0. The van der Waals surface area contributed by atoms with Gasteiger partial charge in [-0.25, -0.2) is 16.8 Å². The Bertz CT molecular complexity index is 2030. The second-order valence-electron chi connectivity index (χ2n) is 13.3. The molecule has 0 radical (unpaired) electrons. The monoisotopic (exact) mass is 730 g/mol. The fourth-order valence-corrected chi connectivity index (χ4v) is 11.1. The molecule has 8 nitrogen and oxygen atoms in total. The van der Waals surface area contributed by atoms with Gasteiger partial charge in [-0.15, -0.1) is 0 Å². The zero-order valence-electron chi connectivity index (χ0n) is 29.5. The van der Waals surface area contributed by atoms with Crippen LogP contribution in [0.5, 0.6) is 0 Å². The molecule has 0 saturated carbocycles. The molecule has 4 unspecified atom stereocenters. The van der Waals surface area contributed by atoms with Crippen LogP contribution in [0.15, 0.2) is 109 Å². The van der Waals surface area contributed by atoms with E-state index in [-0.39, 0.29) is 42.0 Å². The zero-order chi connectivity index (χ0) is 36.8. The van der Waals surface area contributed by atoms with Crippen LogP contribution in [-0.4, -0.2) is 54.6 Å². The lowest BCUT2D eigenvalue weighted by atomic mass is 9.94. The van der Waals surface area contributed by atoms with Crippen molar-refractivity contribution in [3.63, 3.8) is 0 Å². The van der Waals surface area contributed by atoms with E-state index >= 15 is 0 Å². The molecule has 0 fully saturated rings. The third kappa shape index (κ3) is 8.75. The number of ketones is 2. The third-order valence-corrected chi connectivity index (χ3v) is 13.8. The summed E-state index contributed by atoms with van der Waals surface area (Å²) >= 11 is 0. The summed E-state index contributed by atoms with van der Waals surface area (Å²) in [6.45, 7) is 1.66. The Labute approximate surface area is 302 Å². The van der Waals surface area contributed by atoms with Gasteiger partial charge in [0.1, 0.15) is 12.2 Å². The fourth-order valence-electron chi connectivity index (χ4n) is 7.78. The molecule has 4 aromatic carbocycles. The van der Waals surface area contributed by atoms with Crippen LogP contribution in [0.25, 0.3) is 0 Å². The Morgan fingerprint density at radius 2 is 0.980 bits per heavy atom. The van der Waals surface area contributed by atoms with E-state index in [2.05, 4.69) is 0 Å². The van der Waals surface area contributed by atoms with Gasteiger partial charge in [0.05, 0.1) is 10.5 Å². The van der Waals surface area contributed by atoms with Crippen molar-refractivity contribution in [2.24, 2.45) is 11.8 Å². The van der Waals surface area contributed by atoms with Gasteiger partial charge >= 0.3 is 0 Å². The number of carbonyl (C=O) groups is 2. The number of ether oxygens (including phenoxy) is 2. The van der Waals surface area contributed by atoms with E-state index in [1.54, 1.807) is 6.92 Å². The van der Waals surface area contributed by atoms with E-state index < -0.39 is 42.4 Å². The molecule has 0 amide bonds. The van der Waals surface area contributed by atoms with Crippen LogP contribution >= 0.6 is 0 Å². The van der Waals surface area contributed by atoms with Gasteiger partial charge in [-0.2, -0.15) is 0 Å². The first kappa shape index (κ1) is 38.3. The molecule has 0 heterocycles. The topological polar surface area (TPSA) is 121 Å². The molecule has 0 spiro atoms. The van der Waals surface area contributed by atoms with Gasteiger partial charge in [-0.1, -0.05) is 116 Å². The maximum atomic E-state index is 12.9. The maximum absolute atomic E-state index is 12.9. The van der Waals surface area contributed by atoms with Gasteiger partial charge < -0.3 is 9.47 Å². The van der Waals surface area contributed by atoms with E-state index in [1.807, 2.05) is 109 Å². The normalized spacial score (nSPS) is 20.7. The van der Waals surface area contributed by atoms with Crippen molar-refractivity contribution in [1.82, 2.24) is 0 Å². The van der Waals surface area contributed by atoms with Crippen LogP contribution in [0.3, 0.4) is 0 Å². The lowest BCUT2D eigenvalue weighted by Gasteiger charge is -2.22. The number of hydrogen-bond donors (Lipinski definition) is 0. The SMILES string of the molecule is CCS(=O)(=O)C1c2ccccc2CC1CC(=O)[C@@H](OC)c1ccccc1.CO[C@H](C(=O)CC1Cc2ccccc2C1S(C)(=O)=O)c1ccccc1. The van der Waals surface area contributed by atoms with Crippen LogP contribution in [0, 0.1) is 11.8 Å². The third-order valence-electron chi connectivity index (χ3n) is 9.98. The van der Waals surface area contributed by atoms with Crippen molar-refractivity contribution in [3.05, 3.63) is 143 Å². The molecule has 270 valence electrons. The van der Waals surface area contributed by atoms with E-state index in [9.17, 15) is 26.4 Å². The summed E-state index contributed by atoms with van der Waals surface area (Å²) in [4.78, 5) is 25.8. The van der Waals surface area contributed by atoms with E-state index in [4.69, 9.17) is 9.47 Å². The number of methoxy groups -OCH3 is 2. The summed E-state index contributed by atoms with van der Waals surface area (Å²) in [5.74, 6) is -0.580. The summed E-state index contributed by atoms with van der Waals surface area (Å²) in [6.07, 6.45) is 1.51. The van der Waals surface area contributed by atoms with Crippen molar-refractivity contribution in [3.8, 4) is 0 Å². The minimum absolute atomic E-state index is 0.0725. The number of Topliss-reactive ketones (excluding diaryl/α,β-unsaturated/α-hetero) is 2. The molecular weight excluding hydrogens is 685 g/mol. The van der Waals surface area contributed by atoms with Crippen LogP contribution in [0.1, 0.15) is 75.9 Å². The summed E-state index contributed by atoms with van der Waals surface area (Å²) in [5.41, 5.74) is 5.31. The zero-order valence-corrected chi connectivity index (χ0v) is 31.1. The molecule has 0 saturated heterocycles. The molecule has 0 bridgehead atoms. The van der Waals surface area contributed by atoms with Gasteiger partial charge in [0.2, 0.25) is 0 Å². The number of sulfone groups is 2. The maximum Gasteiger partial charge on any atom is 0.166 e. The van der Waals surface area contributed by atoms with Crippen molar-refractivity contribution in [2.45, 2.75) is 55.3 Å². The van der Waals surface area contributed by atoms with Crippen LogP contribution in [-0.2, 0) is 51.6 Å². The molecule has 6 rings (SSSR count). The lowest BCUT2D eigenvalue weighted by molar-refractivity contribution is -0.130. The minimum atomic E-state index is -3.30. The minimum Gasteiger partial charge on any atom is -0.369 e. The Morgan fingerprint density at radius 1 is 0.608 bits per heavy atom. The van der Waals surface area contributed by atoms with Gasteiger partial charge in [-0.05, 0) is 58.1 Å². The number of fused-ring (bicyclic) bond motifs is 2. The molecule has 4 aromatic rings. The van der Waals surface area contributed by atoms with Crippen molar-refractivity contribution < 1.29 is 35.9 Å². The molecule has 6 atom stereocenters. The first-order valence-corrected chi connectivity index (χ1v) is 20.8. The lowest BCUT2D eigenvalue weighted by Crippen LogP contribution is -2.25. The summed E-state index contributed by atoms with van der Waals surface area (Å²) in [5, 5.41) is -1.23. The summed E-state index contributed by atoms with van der Waals surface area (Å²) in [7, 11) is -3.58. The largest absolute Gasteiger partial charge is 0.369 e. The van der Waals surface area contributed by atoms with Gasteiger partial charge in [0, 0.05) is 39.1 Å².